The van der Waals surface area contributed by atoms with Gasteiger partial charge < -0.3 is 36.7 Å². The maximum atomic E-state index is 12.3. The van der Waals surface area contributed by atoms with Gasteiger partial charge in [-0.25, -0.2) is 4.79 Å². The molecule has 3 atom stereocenters. The van der Waals surface area contributed by atoms with Crippen molar-refractivity contribution in [2.45, 2.75) is 76.0 Å². The lowest BCUT2D eigenvalue weighted by molar-refractivity contribution is -0.385. The molecule has 396 valence electrons. The number of rotatable bonds is 20. The third kappa shape index (κ3) is 19.1. The molecule has 3 unspecified atom stereocenters. The normalized spacial score (nSPS) is 13.9. The first-order valence-corrected chi connectivity index (χ1v) is 23.3. The summed E-state index contributed by atoms with van der Waals surface area (Å²) in [5.41, 5.74) is 19.2. The van der Waals surface area contributed by atoms with Crippen molar-refractivity contribution in [2.75, 3.05) is 33.0 Å². The summed E-state index contributed by atoms with van der Waals surface area (Å²) in [7, 11) is 2.49. The fourth-order valence-corrected chi connectivity index (χ4v) is 7.60. The number of nitrogens with one attached hydrogen (secondary N) is 3. The van der Waals surface area contributed by atoms with E-state index in [4.69, 9.17) is 22.3 Å². The fraction of sp³-hybridized carbons (Fsp3) is 0.320. The summed E-state index contributed by atoms with van der Waals surface area (Å²) in [4.78, 5) is 126. The number of anilines is 1. The molecule has 1 saturated heterocycles. The molecule has 2 heterocycles. The molecule has 10 N–H and O–H groups in total. The Morgan fingerprint density at radius 2 is 1.32 bits per heavy atom. The van der Waals surface area contributed by atoms with Crippen LogP contribution in [0.1, 0.15) is 98.5 Å². The number of carboxylic acids is 1. The average Bonchev–Trinajstić information content (AvgIpc) is 3.72. The number of nitro benzene ring substituents is 1. The summed E-state index contributed by atoms with van der Waals surface area (Å²) in [5.74, 6) is -4.51. The number of piperidine rings is 1. The van der Waals surface area contributed by atoms with Crippen LogP contribution in [-0.4, -0.2) is 119 Å². The number of ether oxygens (including phenoxy) is 2. The monoisotopic (exact) mass is 1090 g/mol. The van der Waals surface area contributed by atoms with Crippen LogP contribution in [0.25, 0.3) is 0 Å². The number of fused-ring (bicyclic) bond motifs is 1. The topological polar surface area (TPSA) is 370 Å². The van der Waals surface area contributed by atoms with Gasteiger partial charge in [0.2, 0.25) is 23.6 Å². The minimum Gasteiger partial charge on any atom is -0.480 e. The summed E-state index contributed by atoms with van der Waals surface area (Å²) in [6, 6.07) is 24.5. The largest absolute Gasteiger partial charge is 0.480 e. The third-order valence-electron chi connectivity index (χ3n) is 10.9. The second kappa shape index (κ2) is 31.3. The Balaban J connectivity index is 0.000000338. The number of hydrogen-bond acceptors (Lipinski definition) is 17. The van der Waals surface area contributed by atoms with E-state index < -0.39 is 58.7 Å². The van der Waals surface area contributed by atoms with Crippen molar-refractivity contribution >= 4 is 86.3 Å². The molecule has 0 aromatic heterocycles. The van der Waals surface area contributed by atoms with Crippen molar-refractivity contribution in [2.24, 2.45) is 11.5 Å². The van der Waals surface area contributed by atoms with Crippen LogP contribution in [-0.2, 0) is 50.1 Å². The zero-order valence-corrected chi connectivity index (χ0v) is 41.3. The minimum atomic E-state index is -1.11. The highest BCUT2D eigenvalue weighted by Crippen LogP contribution is 2.31. The molecule has 24 heteroatoms. The first-order valence-electron chi connectivity index (χ1n) is 22.2. The number of imide groups is 1. The van der Waals surface area contributed by atoms with Crippen LogP contribution >= 0.6 is 15.9 Å². The van der Waals surface area contributed by atoms with Crippen LogP contribution < -0.4 is 33.2 Å². The van der Waals surface area contributed by atoms with E-state index in [2.05, 4.69) is 41.4 Å². The number of Topliss-reactive ketones (excluding diaryl/α,β-unsaturated/α-hetero) is 2. The number of nitrogens with two attached hydrogens (primary N) is 3. The van der Waals surface area contributed by atoms with E-state index in [0.29, 0.717) is 40.9 Å². The molecule has 1 fully saturated rings. The number of nitro groups is 1. The maximum absolute atomic E-state index is 12.3. The first-order chi connectivity index (χ1) is 34.7. The molecular weight excluding hydrogens is 1030 g/mol. The molecule has 4 aromatic rings. The van der Waals surface area contributed by atoms with Gasteiger partial charge in [-0.2, -0.15) is 0 Å². The van der Waals surface area contributed by atoms with Crippen molar-refractivity contribution < 1.29 is 67.4 Å². The molecule has 0 saturated carbocycles. The number of halogens is 1. The summed E-state index contributed by atoms with van der Waals surface area (Å²) < 4.78 is 9.15. The van der Waals surface area contributed by atoms with Crippen molar-refractivity contribution in [1.82, 2.24) is 20.9 Å². The van der Waals surface area contributed by atoms with Crippen molar-refractivity contribution in [1.29, 1.82) is 0 Å². The van der Waals surface area contributed by atoms with Crippen LogP contribution in [0, 0.1) is 10.1 Å². The number of amides is 5. The Kier molecular flexibility index (Phi) is 26.2. The van der Waals surface area contributed by atoms with E-state index in [-0.39, 0.29) is 92.6 Å². The second-order valence-corrected chi connectivity index (χ2v) is 16.3. The number of primary amides is 2. The Morgan fingerprint density at radius 1 is 0.797 bits per heavy atom. The number of alkyl halides is 1. The quantitative estimate of drug-likeness (QED) is 0.0127. The number of carboxylic acid groups (broad SMARTS) is 1. The highest BCUT2D eigenvalue weighted by atomic mass is 79.9. The lowest BCUT2D eigenvalue weighted by Crippen LogP contribution is -2.52. The van der Waals surface area contributed by atoms with Gasteiger partial charge in [-0.05, 0) is 37.5 Å². The van der Waals surface area contributed by atoms with Gasteiger partial charge in [0.25, 0.3) is 11.6 Å². The molecule has 0 bridgehead atoms. The summed E-state index contributed by atoms with van der Waals surface area (Å²) in [6.07, 6.45) is 0.892. The number of nitrogen functional groups attached to an aromatic ring is 1. The standard InChI is InChI=1S/C14H18N2O4.C13H13N3O3.C13H16N2O4.C9H8BrNO4.CH4/c1-20-14(19)11(7-8-13(15)18)16-9-12(17)10-5-3-2-4-6-10;14-9-3-1-2-7-8(9)6-16(13(7)19)10-4-5-11(17)15-12(10)18;14-12(17)7-6-10(13(18)19)15-8-11(16)9-4-2-1-3-5-9;1-15-9(12)6-3-2-4-8(11(13)14)7(6)5-10;/h2-6,11,16H,7-9H2,1H3,(H2,15,18);1-3,10H,4-6,14H2,(H,15,17,18);1-5,10,15H,6-8H2,(H2,14,17)(H,18,19);2-4H,5H2,1H3;1H4. The average molecular weight is 1090 g/mol. The minimum absolute atomic E-state index is 0. The van der Waals surface area contributed by atoms with E-state index in [9.17, 15) is 58.1 Å². The van der Waals surface area contributed by atoms with E-state index >= 15 is 0 Å². The lowest BCUT2D eigenvalue weighted by Gasteiger charge is -2.29. The smallest absolute Gasteiger partial charge is 0.338 e. The molecule has 2 aliphatic heterocycles. The lowest BCUT2D eigenvalue weighted by atomic mass is 10.0. The van der Waals surface area contributed by atoms with E-state index in [1.165, 1.54) is 37.3 Å². The van der Waals surface area contributed by atoms with E-state index in [1.807, 2.05) is 6.07 Å². The Labute approximate surface area is 434 Å². The predicted molar refractivity (Wildman–Crippen MR) is 272 cm³/mol. The van der Waals surface area contributed by atoms with Gasteiger partial charge in [-0.1, -0.05) is 96.2 Å². The molecule has 2 aliphatic rings. The van der Waals surface area contributed by atoms with Gasteiger partial charge in [-0.3, -0.25) is 69.2 Å². The first kappa shape index (κ1) is 61.9. The zero-order valence-electron chi connectivity index (χ0n) is 39.7. The Hall–Kier alpha value is -8.22. The van der Waals surface area contributed by atoms with Gasteiger partial charge in [0.15, 0.2) is 11.6 Å². The van der Waals surface area contributed by atoms with E-state index in [1.54, 1.807) is 72.8 Å². The van der Waals surface area contributed by atoms with Gasteiger partial charge in [-0.15, -0.1) is 0 Å². The van der Waals surface area contributed by atoms with Crippen LogP contribution in [0.15, 0.2) is 97.1 Å². The van der Waals surface area contributed by atoms with Gasteiger partial charge in [0.05, 0.1) is 43.4 Å². The number of nitrogens with zero attached hydrogens (tertiary/aromatic N) is 2. The molecule has 6 rings (SSSR count). The number of ketones is 2. The van der Waals surface area contributed by atoms with Gasteiger partial charge in [0, 0.05) is 65.1 Å². The molecule has 74 heavy (non-hydrogen) atoms. The van der Waals surface area contributed by atoms with Gasteiger partial charge in [0.1, 0.15) is 18.1 Å². The number of esters is 2. The number of aliphatic carboxylic acids is 1. The summed E-state index contributed by atoms with van der Waals surface area (Å²) in [5, 5.41) is 27.5. The van der Waals surface area contributed by atoms with Crippen molar-refractivity contribution in [3.05, 3.63) is 141 Å². The Bertz CT molecular complexity index is 2650. The molecular formula is C50H59BrN8O15. The molecule has 0 radical (unpaired) electrons. The third-order valence-corrected chi connectivity index (χ3v) is 11.4. The van der Waals surface area contributed by atoms with Crippen molar-refractivity contribution in [3.63, 3.8) is 0 Å². The van der Waals surface area contributed by atoms with E-state index in [0.717, 1.165) is 5.56 Å². The summed E-state index contributed by atoms with van der Waals surface area (Å²) in [6.45, 7) is 0.218. The SMILES string of the molecule is C.COC(=O)C(CCC(N)=O)NCC(=O)c1ccccc1.COC(=O)c1cccc([N+](=O)[O-])c1CBr.NC(=O)CCC(NCC(=O)c1ccccc1)C(=O)O.Nc1cccc2c1CN(C1CCC(=O)NC1=O)C2=O. The molecule has 4 aromatic carbocycles. The second-order valence-electron chi connectivity index (χ2n) is 15.8. The highest BCUT2D eigenvalue weighted by molar-refractivity contribution is 9.08. The number of benzene rings is 4. The molecule has 23 nitrogen and oxygen atoms in total. The van der Waals surface area contributed by atoms with Crippen LogP contribution in [0.5, 0.6) is 0 Å². The number of hydrogen-bond donors (Lipinski definition) is 7. The number of methoxy groups -OCH3 is 2. The maximum Gasteiger partial charge on any atom is 0.338 e. The van der Waals surface area contributed by atoms with Crippen molar-refractivity contribution in [3.8, 4) is 0 Å². The summed E-state index contributed by atoms with van der Waals surface area (Å²) >= 11 is 3.11. The molecule has 0 aliphatic carbocycles. The fourth-order valence-electron chi connectivity index (χ4n) is 7.01. The molecule has 0 spiro atoms. The predicted octanol–water partition coefficient (Wildman–Crippen LogP) is 3.39. The number of carbonyl (C=O) groups is 10. The van der Waals surface area contributed by atoms with Gasteiger partial charge >= 0.3 is 17.9 Å². The van der Waals surface area contributed by atoms with Crippen LogP contribution in [0.3, 0.4) is 0 Å². The number of carbonyl (C=O) groups excluding carboxylic acids is 9. The highest BCUT2D eigenvalue weighted by Gasteiger charge is 2.39. The van der Waals surface area contributed by atoms with Crippen LogP contribution in [0.4, 0.5) is 11.4 Å². The molecule has 5 amide bonds. The zero-order chi connectivity index (χ0) is 54.2. The Morgan fingerprint density at radius 3 is 1.78 bits per heavy atom. The van der Waals surface area contributed by atoms with Crippen LogP contribution in [0.2, 0.25) is 0 Å².